The first-order valence-corrected chi connectivity index (χ1v) is 8.00. The number of rotatable bonds is 5. The van der Waals surface area contributed by atoms with Crippen molar-refractivity contribution in [3.05, 3.63) is 35.4 Å². The lowest BCUT2D eigenvalue weighted by Crippen LogP contribution is -2.37. The van der Waals surface area contributed by atoms with Crippen molar-refractivity contribution in [3.8, 4) is 0 Å². The van der Waals surface area contributed by atoms with Gasteiger partial charge in [0.2, 0.25) is 5.91 Å². The third kappa shape index (κ3) is 5.84. The van der Waals surface area contributed by atoms with Crippen LogP contribution in [0.1, 0.15) is 48.5 Å². The number of carbonyl (C=O) groups excluding carboxylic acids is 2. The molecular weight excluding hydrogens is 314 g/mol. The van der Waals surface area contributed by atoms with Crippen LogP contribution in [0.25, 0.3) is 0 Å². The van der Waals surface area contributed by atoms with Gasteiger partial charge in [0.1, 0.15) is 0 Å². The molecule has 0 heterocycles. The Labute approximate surface area is 143 Å². The summed E-state index contributed by atoms with van der Waals surface area (Å²) >= 11 is 0. The molecule has 0 aliphatic heterocycles. The third-order valence-corrected chi connectivity index (χ3v) is 4.08. The van der Waals surface area contributed by atoms with Crippen molar-refractivity contribution < 1.29 is 9.59 Å². The molecule has 2 unspecified atom stereocenters. The van der Waals surface area contributed by atoms with Crippen LogP contribution in [0, 0.1) is 5.92 Å². The molecule has 1 saturated carbocycles. The fourth-order valence-electron chi connectivity index (χ4n) is 2.88. The fraction of sp³-hybridized carbons (Fsp3) is 0.529. The van der Waals surface area contributed by atoms with E-state index in [1.165, 1.54) is 0 Å². The zero-order valence-electron chi connectivity index (χ0n) is 13.5. The van der Waals surface area contributed by atoms with Gasteiger partial charge >= 0.3 is 0 Å². The topological polar surface area (TPSA) is 84.2 Å². The molecule has 0 saturated heterocycles. The van der Waals surface area contributed by atoms with E-state index in [9.17, 15) is 9.59 Å². The zero-order valence-corrected chi connectivity index (χ0v) is 14.3. The number of amides is 2. The number of hydrogen-bond acceptors (Lipinski definition) is 3. The van der Waals surface area contributed by atoms with E-state index in [1.807, 2.05) is 25.1 Å². The van der Waals surface area contributed by atoms with Gasteiger partial charge in [-0.2, -0.15) is 0 Å². The van der Waals surface area contributed by atoms with Gasteiger partial charge in [-0.1, -0.05) is 18.6 Å². The van der Waals surface area contributed by atoms with E-state index in [0.29, 0.717) is 18.7 Å². The monoisotopic (exact) mass is 339 g/mol. The van der Waals surface area contributed by atoms with Gasteiger partial charge in [-0.3, -0.25) is 9.59 Å². The van der Waals surface area contributed by atoms with Gasteiger partial charge in [0.15, 0.2) is 0 Å². The van der Waals surface area contributed by atoms with Crippen molar-refractivity contribution in [2.45, 2.75) is 45.2 Å². The van der Waals surface area contributed by atoms with Gasteiger partial charge in [-0.05, 0) is 43.9 Å². The van der Waals surface area contributed by atoms with Gasteiger partial charge in [-0.25, -0.2) is 0 Å². The highest BCUT2D eigenvalue weighted by molar-refractivity contribution is 5.94. The Balaban J connectivity index is 0.00000264. The summed E-state index contributed by atoms with van der Waals surface area (Å²) in [4.78, 5) is 24.0. The van der Waals surface area contributed by atoms with Gasteiger partial charge in [0.25, 0.3) is 5.91 Å². The maximum atomic E-state index is 12.2. The number of hydrogen-bond donors (Lipinski definition) is 3. The van der Waals surface area contributed by atoms with Gasteiger partial charge in [0, 0.05) is 30.6 Å². The summed E-state index contributed by atoms with van der Waals surface area (Å²) < 4.78 is 0. The molecule has 2 amide bonds. The summed E-state index contributed by atoms with van der Waals surface area (Å²) in [5, 5.41) is 5.73. The molecule has 6 heteroatoms. The maximum absolute atomic E-state index is 12.2. The van der Waals surface area contributed by atoms with Crippen LogP contribution < -0.4 is 16.4 Å². The summed E-state index contributed by atoms with van der Waals surface area (Å²) in [5.41, 5.74) is 7.47. The summed E-state index contributed by atoms with van der Waals surface area (Å²) in [5.74, 6) is 0.00261. The van der Waals surface area contributed by atoms with Crippen LogP contribution >= 0.6 is 12.4 Å². The number of benzene rings is 1. The smallest absolute Gasteiger partial charge is 0.251 e. The van der Waals surface area contributed by atoms with Crippen molar-refractivity contribution in [2.24, 2.45) is 11.7 Å². The van der Waals surface area contributed by atoms with Crippen LogP contribution in [-0.4, -0.2) is 24.4 Å². The van der Waals surface area contributed by atoms with Crippen LogP contribution in [0.15, 0.2) is 24.3 Å². The molecule has 0 spiro atoms. The predicted octanol–water partition coefficient (Wildman–Crippen LogP) is 1.99. The van der Waals surface area contributed by atoms with E-state index in [0.717, 1.165) is 31.2 Å². The van der Waals surface area contributed by atoms with Gasteiger partial charge in [-0.15, -0.1) is 12.4 Å². The maximum Gasteiger partial charge on any atom is 0.251 e. The van der Waals surface area contributed by atoms with Crippen molar-refractivity contribution in [1.82, 2.24) is 10.6 Å². The van der Waals surface area contributed by atoms with E-state index in [2.05, 4.69) is 10.6 Å². The van der Waals surface area contributed by atoms with Gasteiger partial charge < -0.3 is 16.4 Å². The highest BCUT2D eigenvalue weighted by Crippen LogP contribution is 2.23. The zero-order chi connectivity index (χ0) is 15.9. The number of nitrogens with one attached hydrogen (secondary N) is 2. The van der Waals surface area contributed by atoms with Crippen LogP contribution in [0.3, 0.4) is 0 Å². The van der Waals surface area contributed by atoms with Crippen LogP contribution in [-0.2, 0) is 11.3 Å². The van der Waals surface area contributed by atoms with Crippen LogP contribution in [0.5, 0.6) is 0 Å². The molecule has 2 rings (SSSR count). The average Bonchev–Trinajstić information content (AvgIpc) is 2.53. The lowest BCUT2D eigenvalue weighted by molar-refractivity contribution is -0.126. The van der Waals surface area contributed by atoms with E-state index in [-0.39, 0.29) is 36.2 Å². The third-order valence-electron chi connectivity index (χ3n) is 4.08. The molecule has 1 aliphatic rings. The Morgan fingerprint density at radius 1 is 1.26 bits per heavy atom. The quantitative estimate of drug-likeness (QED) is 0.767. The SMILES string of the molecule is CCNC(=O)c1cccc(CNC(=O)C2CCCC(N)C2)c1.Cl. The summed E-state index contributed by atoms with van der Waals surface area (Å²) in [6.07, 6.45) is 3.72. The number of carbonyl (C=O) groups is 2. The van der Waals surface area contributed by atoms with Crippen molar-refractivity contribution in [2.75, 3.05) is 6.54 Å². The highest BCUT2D eigenvalue weighted by atomic mass is 35.5. The predicted molar refractivity (Wildman–Crippen MR) is 93.5 cm³/mol. The second-order valence-electron chi connectivity index (χ2n) is 5.90. The van der Waals surface area contributed by atoms with Crippen molar-refractivity contribution in [3.63, 3.8) is 0 Å². The Hall–Kier alpha value is -1.59. The van der Waals surface area contributed by atoms with Crippen molar-refractivity contribution >= 4 is 24.2 Å². The highest BCUT2D eigenvalue weighted by Gasteiger charge is 2.24. The minimum atomic E-state index is -0.0890. The molecular formula is C17H26ClN3O2. The first-order chi connectivity index (χ1) is 10.6. The van der Waals surface area contributed by atoms with E-state index in [1.54, 1.807) is 6.07 Å². The minimum Gasteiger partial charge on any atom is -0.352 e. The second kappa shape index (κ2) is 9.53. The molecule has 1 aromatic carbocycles. The molecule has 2 atom stereocenters. The minimum absolute atomic E-state index is 0. The first kappa shape index (κ1) is 19.5. The van der Waals surface area contributed by atoms with E-state index >= 15 is 0 Å². The molecule has 1 aromatic rings. The van der Waals surface area contributed by atoms with E-state index < -0.39 is 0 Å². The second-order valence-corrected chi connectivity index (χ2v) is 5.90. The molecule has 4 N–H and O–H groups in total. The summed E-state index contributed by atoms with van der Waals surface area (Å²) in [6, 6.07) is 7.48. The molecule has 0 aromatic heterocycles. The number of halogens is 1. The molecule has 1 fully saturated rings. The molecule has 0 radical (unpaired) electrons. The lowest BCUT2D eigenvalue weighted by atomic mass is 9.85. The standard InChI is InChI=1S/C17H25N3O2.ClH/c1-2-19-16(21)13-6-3-5-12(9-13)11-20-17(22)14-7-4-8-15(18)10-14;/h3,5-6,9,14-15H,2,4,7-8,10-11,18H2,1H3,(H,19,21)(H,20,22);1H. The lowest BCUT2D eigenvalue weighted by Gasteiger charge is -2.25. The fourth-order valence-corrected chi connectivity index (χ4v) is 2.88. The van der Waals surface area contributed by atoms with E-state index in [4.69, 9.17) is 5.73 Å². The Bertz CT molecular complexity index is 536. The Morgan fingerprint density at radius 3 is 2.74 bits per heavy atom. The van der Waals surface area contributed by atoms with Crippen LogP contribution in [0.2, 0.25) is 0 Å². The average molecular weight is 340 g/mol. The van der Waals surface area contributed by atoms with Crippen LogP contribution in [0.4, 0.5) is 0 Å². The Morgan fingerprint density at radius 2 is 2.04 bits per heavy atom. The first-order valence-electron chi connectivity index (χ1n) is 8.00. The number of nitrogens with two attached hydrogens (primary N) is 1. The van der Waals surface area contributed by atoms with Crippen molar-refractivity contribution in [1.29, 1.82) is 0 Å². The summed E-state index contributed by atoms with van der Waals surface area (Å²) in [6.45, 7) is 2.93. The van der Waals surface area contributed by atoms with Gasteiger partial charge in [0.05, 0.1) is 0 Å². The molecule has 5 nitrogen and oxygen atoms in total. The Kier molecular flexibility index (Phi) is 8.06. The molecule has 1 aliphatic carbocycles. The molecule has 128 valence electrons. The largest absolute Gasteiger partial charge is 0.352 e. The summed E-state index contributed by atoms with van der Waals surface area (Å²) in [7, 11) is 0. The normalized spacial score (nSPS) is 20.3. The molecule has 23 heavy (non-hydrogen) atoms. The molecule has 0 bridgehead atoms.